The summed E-state index contributed by atoms with van der Waals surface area (Å²) in [6.07, 6.45) is 4.88. The molecule has 0 unspecified atom stereocenters. The Hall–Kier alpha value is -0.980. The van der Waals surface area contributed by atoms with Crippen molar-refractivity contribution in [2.45, 2.75) is 51.0 Å². The highest BCUT2D eigenvalue weighted by Crippen LogP contribution is 2.24. The molecule has 1 aromatic carbocycles. The average molecular weight is 276 g/mol. The highest BCUT2D eigenvalue weighted by molar-refractivity contribution is 7.99. The van der Waals surface area contributed by atoms with Crippen molar-refractivity contribution in [3.8, 4) is 6.07 Å². The molecule has 0 aromatic heterocycles. The largest absolute Gasteiger partial charge is 0.313 e. The lowest BCUT2D eigenvalue weighted by Gasteiger charge is -2.07. The second kappa shape index (κ2) is 9.89. The van der Waals surface area contributed by atoms with E-state index in [0.29, 0.717) is 0 Å². The van der Waals surface area contributed by atoms with E-state index in [1.165, 1.54) is 24.8 Å². The molecule has 0 spiro atoms. The monoisotopic (exact) mass is 276 g/mol. The molecule has 0 atom stereocenters. The van der Waals surface area contributed by atoms with Crippen molar-refractivity contribution in [1.29, 1.82) is 5.26 Å². The third-order valence-corrected chi connectivity index (χ3v) is 4.09. The van der Waals surface area contributed by atoms with Crippen LogP contribution in [0.25, 0.3) is 0 Å². The smallest absolute Gasteiger partial charge is 0.100 e. The maximum Gasteiger partial charge on any atom is 0.100 e. The van der Waals surface area contributed by atoms with Crippen LogP contribution < -0.4 is 5.32 Å². The van der Waals surface area contributed by atoms with Gasteiger partial charge in [-0.2, -0.15) is 5.26 Å². The van der Waals surface area contributed by atoms with E-state index in [0.717, 1.165) is 35.7 Å². The molecule has 0 saturated heterocycles. The van der Waals surface area contributed by atoms with Gasteiger partial charge in [0.1, 0.15) is 6.07 Å². The summed E-state index contributed by atoms with van der Waals surface area (Å²) in [5, 5.41) is 12.6. The predicted molar refractivity (Wildman–Crippen MR) is 83.4 cm³/mol. The Labute approximate surface area is 121 Å². The molecule has 1 rings (SSSR count). The summed E-state index contributed by atoms with van der Waals surface area (Å²) < 4.78 is 0. The van der Waals surface area contributed by atoms with Crippen LogP contribution in [0, 0.1) is 11.3 Å². The quantitative estimate of drug-likeness (QED) is 0.538. The van der Waals surface area contributed by atoms with Gasteiger partial charge in [-0.15, -0.1) is 11.8 Å². The van der Waals surface area contributed by atoms with E-state index in [1.807, 2.05) is 6.07 Å². The Morgan fingerprint density at radius 1 is 1.21 bits per heavy atom. The highest BCUT2D eigenvalue weighted by Gasteiger charge is 2.04. The zero-order valence-electron chi connectivity index (χ0n) is 12.0. The average Bonchev–Trinajstić information content (AvgIpc) is 2.44. The van der Waals surface area contributed by atoms with E-state index in [4.69, 9.17) is 0 Å². The fourth-order valence-electron chi connectivity index (χ4n) is 1.84. The molecular formula is C16H24N2S. The molecule has 1 aromatic rings. The molecule has 3 heteroatoms. The Balaban J connectivity index is 2.55. The molecule has 0 aliphatic carbocycles. The molecule has 19 heavy (non-hydrogen) atoms. The molecule has 104 valence electrons. The SMILES string of the molecule is CCCCCSc1ccc(CNCCC)cc1C#N. The van der Waals surface area contributed by atoms with Crippen molar-refractivity contribution in [1.82, 2.24) is 5.32 Å². The van der Waals surface area contributed by atoms with Crippen molar-refractivity contribution in [3.63, 3.8) is 0 Å². The summed E-state index contributed by atoms with van der Waals surface area (Å²) in [5.74, 6) is 1.11. The minimum atomic E-state index is 0.817. The fraction of sp³-hybridized carbons (Fsp3) is 0.562. The number of rotatable bonds is 9. The fourth-order valence-corrected chi connectivity index (χ4v) is 2.84. The number of thioether (sulfide) groups is 1. The molecule has 0 amide bonds. The van der Waals surface area contributed by atoms with Crippen LogP contribution in [0.2, 0.25) is 0 Å². The van der Waals surface area contributed by atoms with Gasteiger partial charge >= 0.3 is 0 Å². The van der Waals surface area contributed by atoms with Gasteiger partial charge in [-0.05, 0) is 42.8 Å². The van der Waals surface area contributed by atoms with Crippen LogP contribution in [0.15, 0.2) is 23.1 Å². The Morgan fingerprint density at radius 3 is 2.74 bits per heavy atom. The molecule has 0 bridgehead atoms. The van der Waals surface area contributed by atoms with Crippen LogP contribution in [0.3, 0.4) is 0 Å². The Morgan fingerprint density at radius 2 is 2.05 bits per heavy atom. The number of nitriles is 1. The third-order valence-electron chi connectivity index (χ3n) is 2.93. The Bertz CT molecular complexity index is 410. The van der Waals surface area contributed by atoms with Gasteiger partial charge in [-0.25, -0.2) is 0 Å². The highest BCUT2D eigenvalue weighted by atomic mass is 32.2. The van der Waals surface area contributed by atoms with Crippen molar-refractivity contribution in [2.75, 3.05) is 12.3 Å². The lowest BCUT2D eigenvalue weighted by Crippen LogP contribution is -2.13. The summed E-state index contributed by atoms with van der Waals surface area (Å²) in [6, 6.07) is 8.56. The topological polar surface area (TPSA) is 35.8 Å². The minimum absolute atomic E-state index is 0.817. The second-order valence-corrected chi connectivity index (χ2v) is 5.81. The number of hydrogen-bond acceptors (Lipinski definition) is 3. The first-order valence-corrected chi connectivity index (χ1v) is 8.16. The van der Waals surface area contributed by atoms with Gasteiger partial charge < -0.3 is 5.32 Å². The first kappa shape index (κ1) is 16.1. The summed E-state index contributed by atoms with van der Waals surface area (Å²) in [6.45, 7) is 6.24. The van der Waals surface area contributed by atoms with Crippen molar-refractivity contribution >= 4 is 11.8 Å². The van der Waals surface area contributed by atoms with Gasteiger partial charge in [0.2, 0.25) is 0 Å². The number of nitrogens with one attached hydrogen (secondary N) is 1. The van der Waals surface area contributed by atoms with Crippen LogP contribution in [0.4, 0.5) is 0 Å². The predicted octanol–water partition coefficient (Wildman–Crippen LogP) is 4.34. The van der Waals surface area contributed by atoms with Gasteiger partial charge in [-0.1, -0.05) is 32.8 Å². The summed E-state index contributed by atoms with van der Waals surface area (Å²) >= 11 is 1.81. The maximum absolute atomic E-state index is 9.23. The van der Waals surface area contributed by atoms with Gasteiger partial charge in [0.15, 0.2) is 0 Å². The lowest BCUT2D eigenvalue weighted by atomic mass is 10.1. The molecular weight excluding hydrogens is 252 g/mol. The lowest BCUT2D eigenvalue weighted by molar-refractivity contribution is 0.675. The van der Waals surface area contributed by atoms with Crippen LogP contribution in [-0.2, 0) is 6.54 Å². The van der Waals surface area contributed by atoms with Gasteiger partial charge in [0.05, 0.1) is 5.56 Å². The number of nitrogens with zero attached hydrogens (tertiary/aromatic N) is 1. The zero-order chi connectivity index (χ0) is 13.9. The van der Waals surface area contributed by atoms with Gasteiger partial charge in [0, 0.05) is 11.4 Å². The van der Waals surface area contributed by atoms with E-state index < -0.39 is 0 Å². The van der Waals surface area contributed by atoms with E-state index >= 15 is 0 Å². The second-order valence-electron chi connectivity index (χ2n) is 4.67. The normalized spacial score (nSPS) is 10.4. The molecule has 0 saturated carbocycles. The molecule has 1 N–H and O–H groups in total. The molecule has 2 nitrogen and oxygen atoms in total. The first-order valence-electron chi connectivity index (χ1n) is 7.18. The number of benzene rings is 1. The van der Waals surface area contributed by atoms with Crippen LogP contribution in [0.5, 0.6) is 0 Å². The van der Waals surface area contributed by atoms with Gasteiger partial charge in [0.25, 0.3) is 0 Å². The number of hydrogen-bond donors (Lipinski definition) is 1. The van der Waals surface area contributed by atoms with Crippen molar-refractivity contribution in [2.24, 2.45) is 0 Å². The molecule has 0 aliphatic heterocycles. The van der Waals surface area contributed by atoms with Crippen molar-refractivity contribution in [3.05, 3.63) is 29.3 Å². The Kier molecular flexibility index (Phi) is 8.36. The summed E-state index contributed by atoms with van der Waals surface area (Å²) in [4.78, 5) is 1.12. The van der Waals surface area contributed by atoms with Crippen LogP contribution >= 0.6 is 11.8 Å². The van der Waals surface area contributed by atoms with E-state index in [2.05, 4.69) is 37.4 Å². The number of unbranched alkanes of at least 4 members (excludes halogenated alkanes) is 2. The van der Waals surface area contributed by atoms with E-state index in [9.17, 15) is 5.26 Å². The summed E-state index contributed by atoms with van der Waals surface area (Å²) in [7, 11) is 0. The third kappa shape index (κ3) is 6.13. The molecule has 0 aliphatic rings. The zero-order valence-corrected chi connectivity index (χ0v) is 12.9. The first-order chi connectivity index (χ1) is 9.31. The van der Waals surface area contributed by atoms with E-state index in [-0.39, 0.29) is 0 Å². The van der Waals surface area contributed by atoms with Gasteiger partial charge in [-0.3, -0.25) is 0 Å². The molecule has 0 radical (unpaired) electrons. The minimum Gasteiger partial charge on any atom is -0.313 e. The van der Waals surface area contributed by atoms with Crippen LogP contribution in [-0.4, -0.2) is 12.3 Å². The summed E-state index contributed by atoms with van der Waals surface area (Å²) in [5.41, 5.74) is 2.01. The molecule has 0 fully saturated rings. The standard InChI is InChI=1S/C16H24N2S/c1-3-5-6-10-19-16-8-7-14(11-15(16)12-17)13-18-9-4-2/h7-8,11,18H,3-6,9-10,13H2,1-2H3. The molecule has 0 heterocycles. The maximum atomic E-state index is 9.23. The van der Waals surface area contributed by atoms with Crippen LogP contribution in [0.1, 0.15) is 50.7 Å². The van der Waals surface area contributed by atoms with E-state index in [1.54, 1.807) is 11.8 Å². The van der Waals surface area contributed by atoms with Crippen molar-refractivity contribution < 1.29 is 0 Å².